The van der Waals surface area contributed by atoms with Crippen LogP contribution in [-0.4, -0.2) is 29.8 Å². The van der Waals surface area contributed by atoms with Crippen LogP contribution in [0.3, 0.4) is 0 Å². The molecule has 1 amide bonds. The fourth-order valence-electron chi connectivity index (χ4n) is 1.52. The molecule has 0 saturated heterocycles. The monoisotopic (exact) mass is 321 g/mol. The van der Waals surface area contributed by atoms with Crippen molar-refractivity contribution in [2.45, 2.75) is 13.3 Å². The Hall–Kier alpha value is -0.610. The van der Waals surface area contributed by atoms with Crippen molar-refractivity contribution in [2.24, 2.45) is 0 Å². The Morgan fingerprint density at radius 2 is 2.18 bits per heavy atom. The summed E-state index contributed by atoms with van der Waals surface area (Å²) in [6.45, 7) is 3.14. The zero-order chi connectivity index (χ0) is 12.8. The summed E-state index contributed by atoms with van der Waals surface area (Å²) >= 11 is 8.86. The number of benzene rings is 1. The van der Waals surface area contributed by atoms with Crippen LogP contribution >= 0.6 is 27.5 Å². The van der Waals surface area contributed by atoms with Crippen LogP contribution in [0.2, 0.25) is 0 Å². The summed E-state index contributed by atoms with van der Waals surface area (Å²) in [4.78, 5) is 13.8. The Bertz CT molecular complexity index is 394. The predicted molar refractivity (Wildman–Crippen MR) is 71.0 cm³/mol. The van der Waals surface area contributed by atoms with E-state index in [-0.39, 0.29) is 11.7 Å². The Morgan fingerprint density at radius 1 is 1.47 bits per heavy atom. The molecule has 0 aliphatic heterocycles. The summed E-state index contributed by atoms with van der Waals surface area (Å²) in [5.74, 6) is -0.0999. The van der Waals surface area contributed by atoms with E-state index in [1.54, 1.807) is 4.90 Å². The van der Waals surface area contributed by atoms with Crippen LogP contribution in [0.4, 0.5) is 4.39 Å². The van der Waals surface area contributed by atoms with E-state index >= 15 is 0 Å². The number of amides is 1. The van der Waals surface area contributed by atoms with Crippen LogP contribution in [0.25, 0.3) is 0 Å². The minimum Gasteiger partial charge on any atom is -0.337 e. The third kappa shape index (κ3) is 3.96. The molecule has 1 rings (SSSR count). The Kier molecular flexibility index (Phi) is 5.92. The molecule has 1 aromatic carbocycles. The highest BCUT2D eigenvalue weighted by Crippen LogP contribution is 2.20. The summed E-state index contributed by atoms with van der Waals surface area (Å²) < 4.78 is 13.4. The molecule has 0 N–H and O–H groups in total. The number of carbonyl (C=O) groups is 1. The second-order valence-corrected chi connectivity index (χ2v) is 4.84. The van der Waals surface area contributed by atoms with Crippen molar-refractivity contribution >= 4 is 33.4 Å². The zero-order valence-corrected chi connectivity index (χ0v) is 11.9. The van der Waals surface area contributed by atoms with E-state index in [0.29, 0.717) is 29.0 Å². The van der Waals surface area contributed by atoms with E-state index in [4.69, 9.17) is 11.6 Å². The predicted octanol–water partition coefficient (Wildman–Crippen LogP) is 3.68. The number of rotatable bonds is 5. The van der Waals surface area contributed by atoms with Gasteiger partial charge in [-0.05, 0) is 40.5 Å². The molecule has 0 fully saturated rings. The molecule has 94 valence electrons. The van der Waals surface area contributed by atoms with Crippen LogP contribution in [0, 0.1) is 5.82 Å². The standard InChI is InChI=1S/C12H14BrClFNO/c1-2-6-16(7-5-14)12(17)10-4-3-9(15)8-11(10)13/h3-4,8H,2,5-7H2,1H3. The molecular weight excluding hydrogens is 308 g/mol. The van der Waals surface area contributed by atoms with Crippen LogP contribution in [0.15, 0.2) is 22.7 Å². The van der Waals surface area contributed by atoms with Crippen LogP contribution in [-0.2, 0) is 0 Å². The van der Waals surface area contributed by atoms with Crippen LogP contribution in [0.1, 0.15) is 23.7 Å². The highest BCUT2D eigenvalue weighted by Gasteiger charge is 2.17. The number of nitrogens with zero attached hydrogens (tertiary/aromatic N) is 1. The third-order valence-electron chi connectivity index (χ3n) is 2.30. The highest BCUT2D eigenvalue weighted by molar-refractivity contribution is 9.10. The normalized spacial score (nSPS) is 10.4. The molecule has 0 aliphatic carbocycles. The second-order valence-electron chi connectivity index (χ2n) is 3.61. The van der Waals surface area contributed by atoms with Crippen molar-refractivity contribution in [3.05, 3.63) is 34.1 Å². The molecule has 1 aromatic rings. The maximum absolute atomic E-state index is 12.9. The zero-order valence-electron chi connectivity index (χ0n) is 9.55. The van der Waals surface area contributed by atoms with Crippen LogP contribution in [0.5, 0.6) is 0 Å². The molecule has 17 heavy (non-hydrogen) atoms. The molecule has 2 nitrogen and oxygen atoms in total. The van der Waals surface area contributed by atoms with Gasteiger partial charge in [0.1, 0.15) is 5.82 Å². The molecule has 0 atom stereocenters. The maximum Gasteiger partial charge on any atom is 0.255 e. The molecule has 0 saturated carbocycles. The molecule has 0 unspecified atom stereocenters. The Morgan fingerprint density at radius 3 is 2.71 bits per heavy atom. The molecule has 5 heteroatoms. The number of alkyl halides is 1. The molecule has 0 heterocycles. The van der Waals surface area contributed by atoms with Gasteiger partial charge in [-0.25, -0.2) is 4.39 Å². The summed E-state index contributed by atoms with van der Waals surface area (Å²) in [6, 6.07) is 4.06. The number of carbonyl (C=O) groups excluding carboxylic acids is 1. The van der Waals surface area contributed by atoms with Crippen molar-refractivity contribution in [1.29, 1.82) is 0 Å². The van der Waals surface area contributed by atoms with Gasteiger partial charge in [0.05, 0.1) is 5.56 Å². The fraction of sp³-hybridized carbons (Fsp3) is 0.417. The van der Waals surface area contributed by atoms with Crippen molar-refractivity contribution in [3.63, 3.8) is 0 Å². The fourth-order valence-corrected chi connectivity index (χ4v) is 2.24. The van der Waals surface area contributed by atoms with Gasteiger partial charge in [0, 0.05) is 23.4 Å². The van der Waals surface area contributed by atoms with Gasteiger partial charge in [-0.1, -0.05) is 6.92 Å². The van der Waals surface area contributed by atoms with E-state index in [1.807, 2.05) is 6.92 Å². The topological polar surface area (TPSA) is 20.3 Å². The lowest BCUT2D eigenvalue weighted by Gasteiger charge is -2.21. The Balaban J connectivity index is 2.92. The number of hydrogen-bond acceptors (Lipinski definition) is 1. The van der Waals surface area contributed by atoms with E-state index in [2.05, 4.69) is 15.9 Å². The van der Waals surface area contributed by atoms with Crippen molar-refractivity contribution in [3.8, 4) is 0 Å². The lowest BCUT2D eigenvalue weighted by molar-refractivity contribution is 0.0764. The number of hydrogen-bond donors (Lipinski definition) is 0. The van der Waals surface area contributed by atoms with Gasteiger partial charge in [0.15, 0.2) is 0 Å². The smallest absolute Gasteiger partial charge is 0.255 e. The molecule has 0 aromatic heterocycles. The quantitative estimate of drug-likeness (QED) is 0.757. The first-order valence-corrected chi connectivity index (χ1v) is 6.73. The van der Waals surface area contributed by atoms with Crippen molar-refractivity contribution in [1.82, 2.24) is 4.90 Å². The van der Waals surface area contributed by atoms with Gasteiger partial charge in [-0.15, -0.1) is 11.6 Å². The summed E-state index contributed by atoms with van der Waals surface area (Å²) in [7, 11) is 0. The van der Waals surface area contributed by atoms with Gasteiger partial charge in [0.2, 0.25) is 0 Å². The third-order valence-corrected chi connectivity index (χ3v) is 3.12. The number of halogens is 3. The average Bonchev–Trinajstić information content (AvgIpc) is 2.28. The first-order chi connectivity index (χ1) is 8.10. The SMILES string of the molecule is CCCN(CCCl)C(=O)c1ccc(F)cc1Br. The first-order valence-electron chi connectivity index (χ1n) is 5.40. The van der Waals surface area contributed by atoms with E-state index in [1.165, 1.54) is 18.2 Å². The average molecular weight is 323 g/mol. The van der Waals surface area contributed by atoms with E-state index < -0.39 is 0 Å². The molecular formula is C12H14BrClFNO. The summed E-state index contributed by atoms with van der Waals surface area (Å²) in [6.07, 6.45) is 0.863. The lowest BCUT2D eigenvalue weighted by atomic mass is 10.2. The van der Waals surface area contributed by atoms with E-state index in [0.717, 1.165) is 6.42 Å². The van der Waals surface area contributed by atoms with Gasteiger partial charge in [-0.3, -0.25) is 4.79 Å². The molecule has 0 radical (unpaired) electrons. The van der Waals surface area contributed by atoms with Gasteiger partial charge < -0.3 is 4.90 Å². The van der Waals surface area contributed by atoms with Crippen molar-refractivity contribution < 1.29 is 9.18 Å². The summed E-state index contributed by atoms with van der Waals surface area (Å²) in [5, 5.41) is 0. The van der Waals surface area contributed by atoms with Gasteiger partial charge in [-0.2, -0.15) is 0 Å². The lowest BCUT2D eigenvalue weighted by Crippen LogP contribution is -2.33. The minimum atomic E-state index is -0.368. The maximum atomic E-state index is 12.9. The molecule has 0 bridgehead atoms. The minimum absolute atomic E-state index is 0.126. The van der Waals surface area contributed by atoms with Crippen molar-refractivity contribution in [2.75, 3.05) is 19.0 Å². The van der Waals surface area contributed by atoms with Gasteiger partial charge >= 0.3 is 0 Å². The Labute approximate surface area is 114 Å². The highest BCUT2D eigenvalue weighted by atomic mass is 79.9. The summed E-state index contributed by atoms with van der Waals surface area (Å²) in [5.41, 5.74) is 0.463. The molecule has 0 aliphatic rings. The first kappa shape index (κ1) is 14.5. The largest absolute Gasteiger partial charge is 0.337 e. The molecule has 0 spiro atoms. The van der Waals surface area contributed by atoms with E-state index in [9.17, 15) is 9.18 Å². The van der Waals surface area contributed by atoms with Crippen LogP contribution < -0.4 is 0 Å². The van der Waals surface area contributed by atoms with Gasteiger partial charge in [0.25, 0.3) is 5.91 Å². The second kappa shape index (κ2) is 6.97.